The van der Waals surface area contributed by atoms with Crippen molar-refractivity contribution in [1.82, 2.24) is 9.55 Å². The number of rotatable bonds is 3. The predicted molar refractivity (Wildman–Crippen MR) is 73.4 cm³/mol. The number of carbonyl (C=O) groups excluding carboxylic acids is 1. The highest BCUT2D eigenvalue weighted by Gasteiger charge is 2.41. The van der Waals surface area contributed by atoms with Gasteiger partial charge < -0.3 is 10.3 Å². The Hall–Kier alpha value is -2.17. The molecule has 0 atom stereocenters. The maximum Gasteiger partial charge on any atom is 0.251 e. The fourth-order valence-electron chi connectivity index (χ4n) is 2.34. The van der Waals surface area contributed by atoms with Crippen LogP contribution in [0.4, 0.5) is 4.39 Å². The van der Waals surface area contributed by atoms with Gasteiger partial charge in [-0.1, -0.05) is 6.92 Å². The highest BCUT2D eigenvalue weighted by molar-refractivity contribution is 5.93. The average Bonchev–Trinajstić information content (AvgIpc) is 2.93. The Morgan fingerprint density at radius 2 is 2.15 bits per heavy atom. The minimum Gasteiger partial charge on any atom is -0.366 e. The fourth-order valence-corrected chi connectivity index (χ4v) is 2.34. The molecule has 0 unspecified atom stereocenters. The lowest BCUT2D eigenvalue weighted by atomic mass is 10.1. The molecule has 4 nitrogen and oxygen atoms in total. The number of aryl methyl sites for hydroxylation is 1. The van der Waals surface area contributed by atoms with Crippen LogP contribution in [0.25, 0.3) is 5.69 Å². The number of imidazole rings is 1. The minimum absolute atomic E-state index is 0.0986. The van der Waals surface area contributed by atoms with Gasteiger partial charge in [-0.25, -0.2) is 9.37 Å². The topological polar surface area (TPSA) is 60.9 Å². The lowest BCUT2D eigenvalue weighted by molar-refractivity contribution is 0.0996. The summed E-state index contributed by atoms with van der Waals surface area (Å²) in [6.07, 6.45) is 5.92. The third-order valence-corrected chi connectivity index (χ3v) is 4.03. The fraction of sp³-hybridized carbons (Fsp3) is 0.333. The van der Waals surface area contributed by atoms with Crippen molar-refractivity contribution in [3.05, 3.63) is 47.3 Å². The first kappa shape index (κ1) is 12.8. The summed E-state index contributed by atoms with van der Waals surface area (Å²) in [5.74, 6) is -1.36. The molecule has 0 radical (unpaired) electrons. The van der Waals surface area contributed by atoms with E-state index in [1.807, 2.05) is 10.8 Å². The molecule has 3 rings (SSSR count). The highest BCUT2D eigenvalue weighted by atomic mass is 19.1. The number of primary amides is 1. The standard InChI is InChI=1S/C15H16FN3O/c1-9-5-11(16)10(14(17)20)6-12(9)19-7-13(18-8-19)15(2)3-4-15/h5-8H,3-4H2,1-2H3,(H2,17,20). The Morgan fingerprint density at radius 1 is 1.45 bits per heavy atom. The van der Waals surface area contributed by atoms with Gasteiger partial charge in [0.15, 0.2) is 0 Å². The second-order valence-corrected chi connectivity index (χ2v) is 5.71. The molecule has 1 amide bonds. The lowest BCUT2D eigenvalue weighted by Crippen LogP contribution is -2.14. The molecule has 104 valence electrons. The average molecular weight is 273 g/mol. The number of carbonyl (C=O) groups is 1. The van der Waals surface area contributed by atoms with E-state index in [0.717, 1.165) is 29.8 Å². The van der Waals surface area contributed by atoms with E-state index in [4.69, 9.17) is 5.73 Å². The van der Waals surface area contributed by atoms with E-state index < -0.39 is 11.7 Å². The molecule has 2 N–H and O–H groups in total. The number of aromatic nitrogens is 2. The van der Waals surface area contributed by atoms with Crippen molar-refractivity contribution in [3.8, 4) is 5.69 Å². The molecule has 0 saturated heterocycles. The van der Waals surface area contributed by atoms with Crippen molar-refractivity contribution < 1.29 is 9.18 Å². The van der Waals surface area contributed by atoms with Crippen LogP contribution in [-0.4, -0.2) is 15.5 Å². The van der Waals surface area contributed by atoms with Gasteiger partial charge in [-0.05, 0) is 37.5 Å². The van der Waals surface area contributed by atoms with Crippen LogP contribution in [0.1, 0.15) is 41.4 Å². The van der Waals surface area contributed by atoms with Crippen LogP contribution in [0, 0.1) is 12.7 Å². The van der Waals surface area contributed by atoms with Crippen LogP contribution in [-0.2, 0) is 5.41 Å². The van der Waals surface area contributed by atoms with Gasteiger partial charge in [-0.2, -0.15) is 0 Å². The summed E-state index contributed by atoms with van der Waals surface area (Å²) in [6.45, 7) is 3.97. The molecule has 1 aromatic heterocycles. The molecule has 0 spiro atoms. The summed E-state index contributed by atoms with van der Waals surface area (Å²) in [5.41, 5.74) is 7.75. The van der Waals surface area contributed by atoms with Gasteiger partial charge in [0.25, 0.3) is 5.91 Å². The van der Waals surface area contributed by atoms with Crippen molar-refractivity contribution >= 4 is 5.91 Å². The Labute approximate surface area is 116 Å². The van der Waals surface area contributed by atoms with Crippen LogP contribution < -0.4 is 5.73 Å². The van der Waals surface area contributed by atoms with Gasteiger partial charge >= 0.3 is 0 Å². The molecule has 5 heteroatoms. The van der Waals surface area contributed by atoms with Gasteiger partial charge in [0.2, 0.25) is 0 Å². The maximum atomic E-state index is 13.7. The summed E-state index contributed by atoms with van der Waals surface area (Å²) in [5, 5.41) is 0. The maximum absolute atomic E-state index is 13.7. The van der Waals surface area contributed by atoms with Gasteiger partial charge in [0, 0.05) is 11.6 Å². The largest absolute Gasteiger partial charge is 0.366 e. The quantitative estimate of drug-likeness (QED) is 0.933. The SMILES string of the molecule is Cc1cc(F)c(C(N)=O)cc1-n1cnc(C2(C)CC2)c1. The number of benzene rings is 1. The second-order valence-electron chi connectivity index (χ2n) is 5.71. The number of hydrogen-bond donors (Lipinski definition) is 1. The number of hydrogen-bond acceptors (Lipinski definition) is 2. The van der Waals surface area contributed by atoms with Gasteiger partial charge in [-0.15, -0.1) is 0 Å². The monoisotopic (exact) mass is 273 g/mol. The van der Waals surface area contributed by atoms with Crippen LogP contribution >= 0.6 is 0 Å². The molecule has 1 aliphatic rings. The van der Waals surface area contributed by atoms with E-state index in [0.29, 0.717) is 0 Å². The summed E-state index contributed by atoms with van der Waals surface area (Å²) < 4.78 is 15.5. The molecular weight excluding hydrogens is 257 g/mol. The van der Waals surface area contributed by atoms with E-state index >= 15 is 0 Å². The van der Waals surface area contributed by atoms with Gasteiger partial charge in [-0.3, -0.25) is 4.79 Å². The number of nitrogens with zero attached hydrogens (tertiary/aromatic N) is 2. The number of halogens is 1. The Bertz CT molecular complexity index is 701. The molecule has 2 aromatic rings. The van der Waals surface area contributed by atoms with Crippen LogP contribution in [0.2, 0.25) is 0 Å². The normalized spacial score (nSPS) is 16.1. The lowest BCUT2D eigenvalue weighted by Gasteiger charge is -2.09. The molecule has 1 saturated carbocycles. The predicted octanol–water partition coefficient (Wildman–Crippen LogP) is 2.47. The Morgan fingerprint density at radius 3 is 2.75 bits per heavy atom. The van der Waals surface area contributed by atoms with E-state index in [9.17, 15) is 9.18 Å². The summed E-state index contributed by atoms with van der Waals surface area (Å²) in [6, 6.07) is 2.81. The van der Waals surface area contributed by atoms with Gasteiger partial charge in [0.05, 0.1) is 23.3 Å². The molecule has 1 heterocycles. The van der Waals surface area contributed by atoms with Crippen LogP contribution in [0.15, 0.2) is 24.7 Å². The smallest absolute Gasteiger partial charge is 0.251 e. The van der Waals surface area contributed by atoms with E-state index in [1.165, 1.54) is 12.1 Å². The molecule has 1 fully saturated rings. The Balaban J connectivity index is 2.07. The zero-order valence-electron chi connectivity index (χ0n) is 11.5. The van der Waals surface area contributed by atoms with Crippen LogP contribution in [0.3, 0.4) is 0 Å². The summed E-state index contributed by atoms with van der Waals surface area (Å²) in [7, 11) is 0. The zero-order chi connectivity index (χ0) is 14.5. The third-order valence-electron chi connectivity index (χ3n) is 4.03. The highest BCUT2D eigenvalue weighted by Crippen LogP contribution is 2.46. The first-order valence-corrected chi connectivity index (χ1v) is 6.55. The molecule has 0 bridgehead atoms. The first-order chi connectivity index (χ1) is 9.40. The van der Waals surface area contributed by atoms with Crippen LogP contribution in [0.5, 0.6) is 0 Å². The number of nitrogens with two attached hydrogens (primary N) is 1. The van der Waals surface area contributed by atoms with Gasteiger partial charge in [0.1, 0.15) is 5.82 Å². The molecule has 20 heavy (non-hydrogen) atoms. The zero-order valence-corrected chi connectivity index (χ0v) is 11.5. The van der Waals surface area contributed by atoms with E-state index in [1.54, 1.807) is 13.3 Å². The summed E-state index contributed by atoms with van der Waals surface area (Å²) in [4.78, 5) is 15.7. The van der Waals surface area contributed by atoms with Crippen molar-refractivity contribution in [2.24, 2.45) is 5.73 Å². The van der Waals surface area contributed by atoms with Crippen molar-refractivity contribution in [2.75, 3.05) is 0 Å². The first-order valence-electron chi connectivity index (χ1n) is 6.55. The van der Waals surface area contributed by atoms with Crippen molar-refractivity contribution in [3.63, 3.8) is 0 Å². The molecule has 0 aliphatic heterocycles. The minimum atomic E-state index is -0.766. The molecule has 1 aromatic carbocycles. The molecular formula is C15H16FN3O. The third kappa shape index (κ3) is 1.99. The number of amides is 1. The summed E-state index contributed by atoms with van der Waals surface area (Å²) >= 11 is 0. The van der Waals surface area contributed by atoms with Crippen molar-refractivity contribution in [2.45, 2.75) is 32.1 Å². The van der Waals surface area contributed by atoms with Crippen molar-refractivity contribution in [1.29, 1.82) is 0 Å². The second kappa shape index (κ2) is 4.16. The van der Waals surface area contributed by atoms with E-state index in [2.05, 4.69) is 11.9 Å². The molecule has 1 aliphatic carbocycles. The Kier molecular flexibility index (Phi) is 2.67. The van der Waals surface area contributed by atoms with E-state index in [-0.39, 0.29) is 11.0 Å².